The van der Waals surface area contributed by atoms with Gasteiger partial charge in [-0.25, -0.2) is 4.79 Å². The number of ketones is 1. The number of hydrogen-bond donors (Lipinski definition) is 2. The third-order valence-electron chi connectivity index (χ3n) is 4.03. The maximum atomic E-state index is 12.5. The fourth-order valence-corrected chi connectivity index (χ4v) is 2.31. The van der Waals surface area contributed by atoms with Crippen LogP contribution in [0.25, 0.3) is 0 Å². The van der Waals surface area contributed by atoms with Crippen LogP contribution in [-0.4, -0.2) is 48.5 Å². The van der Waals surface area contributed by atoms with Gasteiger partial charge in [-0.1, -0.05) is 50.6 Å². The summed E-state index contributed by atoms with van der Waals surface area (Å²) in [5, 5.41) is 4.97. The maximum Gasteiger partial charge on any atom is 0.408 e. The molecule has 0 bridgehead atoms. The summed E-state index contributed by atoms with van der Waals surface area (Å²) in [6.45, 7) is 8.02. The van der Waals surface area contributed by atoms with E-state index in [1.54, 1.807) is 58.0 Å². The SMILES string of the molecule is CCC(C)C(NC(=O)OC(C)(C)C)C(=O)NCC(=O)OCC(=O)c1ccccc1. The van der Waals surface area contributed by atoms with E-state index in [9.17, 15) is 19.2 Å². The Morgan fingerprint density at radius 2 is 1.69 bits per heavy atom. The first-order chi connectivity index (χ1) is 13.5. The topological polar surface area (TPSA) is 111 Å². The zero-order valence-corrected chi connectivity index (χ0v) is 17.6. The van der Waals surface area contributed by atoms with Crippen LogP contribution in [-0.2, 0) is 19.1 Å². The number of benzene rings is 1. The summed E-state index contributed by atoms with van der Waals surface area (Å²) in [5.74, 6) is -1.80. The number of hydrogen-bond acceptors (Lipinski definition) is 6. The number of ether oxygens (including phenoxy) is 2. The molecule has 2 atom stereocenters. The highest BCUT2D eigenvalue weighted by Crippen LogP contribution is 2.11. The fourth-order valence-electron chi connectivity index (χ4n) is 2.31. The van der Waals surface area contributed by atoms with Gasteiger partial charge in [-0.15, -0.1) is 0 Å². The van der Waals surface area contributed by atoms with Gasteiger partial charge in [0.15, 0.2) is 12.4 Å². The smallest absolute Gasteiger partial charge is 0.408 e. The largest absolute Gasteiger partial charge is 0.456 e. The van der Waals surface area contributed by atoms with Crippen molar-refractivity contribution in [3.63, 3.8) is 0 Å². The number of alkyl carbamates (subject to hydrolysis) is 1. The summed E-state index contributed by atoms with van der Waals surface area (Å²) in [4.78, 5) is 48.2. The Balaban J connectivity index is 2.53. The van der Waals surface area contributed by atoms with Crippen LogP contribution in [0.1, 0.15) is 51.4 Å². The highest BCUT2D eigenvalue weighted by atomic mass is 16.6. The second kappa shape index (κ2) is 11.2. The van der Waals surface area contributed by atoms with E-state index in [1.165, 1.54) is 0 Å². The van der Waals surface area contributed by atoms with E-state index >= 15 is 0 Å². The van der Waals surface area contributed by atoms with E-state index in [1.807, 2.05) is 6.92 Å². The molecule has 0 fully saturated rings. The number of Topliss-reactive ketones (excluding diaryl/α,β-unsaturated/α-hetero) is 1. The Morgan fingerprint density at radius 3 is 2.24 bits per heavy atom. The normalized spacial score (nSPS) is 13.0. The van der Waals surface area contributed by atoms with Crippen molar-refractivity contribution in [2.45, 2.75) is 52.7 Å². The van der Waals surface area contributed by atoms with E-state index in [0.29, 0.717) is 12.0 Å². The van der Waals surface area contributed by atoms with Crippen molar-refractivity contribution in [1.82, 2.24) is 10.6 Å². The molecule has 0 aliphatic heterocycles. The van der Waals surface area contributed by atoms with E-state index in [0.717, 1.165) is 0 Å². The molecule has 8 nitrogen and oxygen atoms in total. The van der Waals surface area contributed by atoms with E-state index < -0.39 is 42.8 Å². The number of nitrogens with one attached hydrogen (secondary N) is 2. The lowest BCUT2D eigenvalue weighted by Gasteiger charge is -2.26. The standard InChI is InChI=1S/C21H30N2O6/c1-6-14(2)18(23-20(27)29-21(3,4)5)19(26)22-12-17(25)28-13-16(24)15-10-8-7-9-11-15/h7-11,14,18H,6,12-13H2,1-5H3,(H,22,26)(H,23,27). The van der Waals surface area contributed by atoms with Gasteiger partial charge in [0, 0.05) is 5.56 Å². The van der Waals surface area contributed by atoms with Gasteiger partial charge in [0.25, 0.3) is 0 Å². The summed E-state index contributed by atoms with van der Waals surface area (Å²) in [6, 6.07) is 7.57. The molecule has 2 N–H and O–H groups in total. The highest BCUT2D eigenvalue weighted by Gasteiger charge is 2.28. The summed E-state index contributed by atoms with van der Waals surface area (Å²) < 4.78 is 10.1. The van der Waals surface area contributed by atoms with Crippen molar-refractivity contribution in [2.75, 3.05) is 13.2 Å². The third kappa shape index (κ3) is 9.23. The van der Waals surface area contributed by atoms with Gasteiger partial charge in [-0.05, 0) is 26.7 Å². The number of amides is 2. The molecule has 29 heavy (non-hydrogen) atoms. The molecule has 0 heterocycles. The Morgan fingerprint density at radius 1 is 1.07 bits per heavy atom. The van der Waals surface area contributed by atoms with Gasteiger partial charge >= 0.3 is 12.1 Å². The van der Waals surface area contributed by atoms with Crippen molar-refractivity contribution in [2.24, 2.45) is 5.92 Å². The molecule has 0 saturated carbocycles. The molecule has 1 aromatic rings. The van der Waals surface area contributed by atoms with Gasteiger partial charge in [0.05, 0.1) is 0 Å². The Kier molecular flexibility index (Phi) is 9.31. The predicted octanol–water partition coefficient (Wildman–Crippen LogP) is 2.47. The lowest BCUT2D eigenvalue weighted by Crippen LogP contribution is -2.52. The van der Waals surface area contributed by atoms with Crippen molar-refractivity contribution in [1.29, 1.82) is 0 Å². The summed E-state index contributed by atoms with van der Waals surface area (Å²) in [5.41, 5.74) is -0.266. The monoisotopic (exact) mass is 406 g/mol. The quantitative estimate of drug-likeness (QED) is 0.481. The van der Waals surface area contributed by atoms with Crippen molar-refractivity contribution < 1.29 is 28.7 Å². The molecule has 0 aliphatic rings. The van der Waals surface area contributed by atoms with Crippen LogP contribution < -0.4 is 10.6 Å². The molecule has 1 rings (SSSR count). The lowest BCUT2D eigenvalue weighted by molar-refractivity contribution is -0.143. The summed E-state index contributed by atoms with van der Waals surface area (Å²) >= 11 is 0. The van der Waals surface area contributed by atoms with Crippen molar-refractivity contribution in [3.05, 3.63) is 35.9 Å². The lowest BCUT2D eigenvalue weighted by atomic mass is 9.98. The zero-order valence-electron chi connectivity index (χ0n) is 17.6. The minimum absolute atomic E-state index is 0.182. The number of rotatable bonds is 9. The number of carbonyl (C=O) groups is 4. The molecule has 8 heteroatoms. The molecule has 0 aliphatic carbocycles. The van der Waals surface area contributed by atoms with Crippen LogP contribution in [0.5, 0.6) is 0 Å². The summed E-state index contributed by atoms with van der Waals surface area (Å²) in [7, 11) is 0. The maximum absolute atomic E-state index is 12.5. The second-order valence-electron chi connectivity index (χ2n) is 7.68. The molecule has 0 spiro atoms. The number of esters is 1. The van der Waals surface area contributed by atoms with Crippen LogP contribution >= 0.6 is 0 Å². The van der Waals surface area contributed by atoms with Crippen LogP contribution in [0.2, 0.25) is 0 Å². The van der Waals surface area contributed by atoms with Gasteiger partial charge in [-0.3, -0.25) is 14.4 Å². The van der Waals surface area contributed by atoms with Gasteiger partial charge in [0.2, 0.25) is 5.91 Å². The van der Waals surface area contributed by atoms with Gasteiger partial charge in [-0.2, -0.15) is 0 Å². The molecule has 2 amide bonds. The third-order valence-corrected chi connectivity index (χ3v) is 4.03. The molecule has 0 saturated heterocycles. The minimum Gasteiger partial charge on any atom is -0.456 e. The van der Waals surface area contributed by atoms with Crippen LogP contribution in [0, 0.1) is 5.92 Å². The van der Waals surface area contributed by atoms with Gasteiger partial charge < -0.3 is 20.1 Å². The zero-order chi connectivity index (χ0) is 22.0. The first-order valence-corrected chi connectivity index (χ1v) is 9.54. The average molecular weight is 406 g/mol. The molecule has 0 aromatic heterocycles. The Bertz CT molecular complexity index is 712. The average Bonchev–Trinajstić information content (AvgIpc) is 2.67. The Labute approximate surface area is 171 Å². The molecule has 0 radical (unpaired) electrons. The van der Waals surface area contributed by atoms with E-state index in [-0.39, 0.29) is 11.7 Å². The first kappa shape index (κ1) is 24.1. The predicted molar refractivity (Wildman–Crippen MR) is 107 cm³/mol. The van der Waals surface area contributed by atoms with Crippen LogP contribution in [0.3, 0.4) is 0 Å². The van der Waals surface area contributed by atoms with Gasteiger partial charge in [0.1, 0.15) is 18.2 Å². The number of carbonyl (C=O) groups excluding carboxylic acids is 4. The summed E-state index contributed by atoms with van der Waals surface area (Å²) in [6.07, 6.45) is -0.0850. The fraction of sp³-hybridized carbons (Fsp3) is 0.524. The molecule has 2 unspecified atom stereocenters. The second-order valence-corrected chi connectivity index (χ2v) is 7.68. The van der Waals surface area contributed by atoms with E-state index in [2.05, 4.69) is 10.6 Å². The highest BCUT2D eigenvalue weighted by molar-refractivity contribution is 5.98. The van der Waals surface area contributed by atoms with Crippen molar-refractivity contribution >= 4 is 23.8 Å². The van der Waals surface area contributed by atoms with Crippen LogP contribution in [0.15, 0.2) is 30.3 Å². The molecule has 160 valence electrons. The van der Waals surface area contributed by atoms with E-state index in [4.69, 9.17) is 9.47 Å². The van der Waals surface area contributed by atoms with Crippen molar-refractivity contribution in [3.8, 4) is 0 Å². The Hall–Kier alpha value is -2.90. The minimum atomic E-state index is -0.867. The van der Waals surface area contributed by atoms with Crippen LogP contribution in [0.4, 0.5) is 4.79 Å². The molecule has 1 aromatic carbocycles. The first-order valence-electron chi connectivity index (χ1n) is 9.54. The molecular formula is C21H30N2O6. The molecular weight excluding hydrogens is 376 g/mol.